The highest BCUT2D eigenvalue weighted by molar-refractivity contribution is 5.92. The van der Waals surface area contributed by atoms with Crippen LogP contribution < -0.4 is 5.32 Å². The van der Waals surface area contributed by atoms with Crippen molar-refractivity contribution in [2.24, 2.45) is 0 Å². The quantitative estimate of drug-likeness (QED) is 0.820. The lowest BCUT2D eigenvalue weighted by atomic mass is 10.1. The van der Waals surface area contributed by atoms with E-state index in [0.29, 0.717) is 5.82 Å². The molecule has 0 spiro atoms. The molecule has 0 aliphatic rings. The first-order valence-corrected chi connectivity index (χ1v) is 5.39. The number of para-hydroxylation sites is 1. The summed E-state index contributed by atoms with van der Waals surface area (Å²) in [6, 6.07) is 7.72. The van der Waals surface area contributed by atoms with Gasteiger partial charge in [0.1, 0.15) is 0 Å². The van der Waals surface area contributed by atoms with Gasteiger partial charge in [0.25, 0.3) is 0 Å². The van der Waals surface area contributed by atoms with Crippen LogP contribution in [-0.4, -0.2) is 26.5 Å². The number of rotatable bonds is 4. The molecule has 0 fully saturated rings. The predicted octanol–water partition coefficient (Wildman–Crippen LogP) is 0.943. The summed E-state index contributed by atoms with van der Waals surface area (Å²) in [5.74, 6) is 0.240. The number of carbonyl (C=O) groups excluding carboxylic acids is 1. The smallest absolute Gasteiger partial charge is 0.232 e. The fraction of sp³-hybridized carbons (Fsp3) is 0.273. The summed E-state index contributed by atoms with van der Waals surface area (Å²) in [6.45, 7) is 2.05. The van der Waals surface area contributed by atoms with Gasteiger partial charge in [-0.15, -0.1) is 10.2 Å². The molecule has 2 aromatic rings. The normalized spacial score (nSPS) is 10.2. The number of nitrogens with zero attached hydrogens (tertiary/aromatic N) is 3. The molecule has 0 radical (unpaired) electrons. The Kier molecular flexibility index (Phi) is 3.44. The first kappa shape index (κ1) is 11.3. The number of aromatic nitrogens is 4. The van der Waals surface area contributed by atoms with Crippen molar-refractivity contribution in [3.8, 4) is 0 Å². The van der Waals surface area contributed by atoms with Crippen molar-refractivity contribution in [3.05, 3.63) is 35.7 Å². The number of amides is 1. The molecule has 0 saturated carbocycles. The van der Waals surface area contributed by atoms with Gasteiger partial charge in [-0.25, -0.2) is 0 Å². The molecule has 1 aromatic carbocycles. The van der Waals surface area contributed by atoms with Crippen molar-refractivity contribution in [3.63, 3.8) is 0 Å². The Morgan fingerprint density at radius 2 is 2.24 bits per heavy atom. The van der Waals surface area contributed by atoms with E-state index in [1.165, 1.54) is 0 Å². The number of aromatic amines is 1. The average molecular weight is 231 g/mol. The third-order valence-electron chi connectivity index (χ3n) is 2.38. The van der Waals surface area contributed by atoms with Crippen LogP contribution in [0.2, 0.25) is 0 Å². The summed E-state index contributed by atoms with van der Waals surface area (Å²) < 4.78 is 0. The lowest BCUT2D eigenvalue weighted by Crippen LogP contribution is -2.16. The van der Waals surface area contributed by atoms with E-state index in [-0.39, 0.29) is 12.3 Å². The third-order valence-corrected chi connectivity index (χ3v) is 2.38. The van der Waals surface area contributed by atoms with Gasteiger partial charge >= 0.3 is 0 Å². The minimum Gasteiger partial charge on any atom is -0.325 e. The summed E-state index contributed by atoms with van der Waals surface area (Å²) in [4.78, 5) is 11.7. The first-order chi connectivity index (χ1) is 8.29. The molecule has 0 bridgehead atoms. The Hall–Kier alpha value is -2.24. The maximum Gasteiger partial charge on any atom is 0.232 e. The Morgan fingerprint density at radius 1 is 1.41 bits per heavy atom. The monoisotopic (exact) mass is 231 g/mol. The molecule has 0 unspecified atom stereocenters. The molecule has 0 aliphatic heterocycles. The highest BCUT2D eigenvalue weighted by atomic mass is 16.1. The van der Waals surface area contributed by atoms with Crippen molar-refractivity contribution in [1.82, 2.24) is 20.6 Å². The van der Waals surface area contributed by atoms with Gasteiger partial charge in [0.15, 0.2) is 5.82 Å². The van der Waals surface area contributed by atoms with E-state index in [4.69, 9.17) is 0 Å². The second-order valence-corrected chi connectivity index (χ2v) is 3.56. The maximum absolute atomic E-state index is 11.7. The summed E-state index contributed by atoms with van der Waals surface area (Å²) in [5, 5.41) is 16.0. The number of tetrazole rings is 1. The van der Waals surface area contributed by atoms with Crippen LogP contribution in [0.25, 0.3) is 0 Å². The lowest BCUT2D eigenvalue weighted by molar-refractivity contribution is -0.115. The number of benzene rings is 1. The maximum atomic E-state index is 11.7. The van der Waals surface area contributed by atoms with Gasteiger partial charge in [0, 0.05) is 5.69 Å². The van der Waals surface area contributed by atoms with Gasteiger partial charge in [0.05, 0.1) is 6.42 Å². The van der Waals surface area contributed by atoms with Crippen LogP contribution in [0.5, 0.6) is 0 Å². The summed E-state index contributed by atoms with van der Waals surface area (Å²) in [7, 11) is 0. The highest BCUT2D eigenvalue weighted by Crippen LogP contribution is 2.15. The van der Waals surface area contributed by atoms with E-state index in [1.807, 2.05) is 31.2 Å². The molecule has 2 rings (SSSR count). The third kappa shape index (κ3) is 2.87. The summed E-state index contributed by atoms with van der Waals surface area (Å²) >= 11 is 0. The molecular weight excluding hydrogens is 218 g/mol. The van der Waals surface area contributed by atoms with E-state index in [0.717, 1.165) is 17.7 Å². The van der Waals surface area contributed by atoms with Crippen molar-refractivity contribution < 1.29 is 4.79 Å². The van der Waals surface area contributed by atoms with Crippen LogP contribution in [-0.2, 0) is 17.6 Å². The van der Waals surface area contributed by atoms with Crippen LogP contribution in [0.15, 0.2) is 24.3 Å². The molecule has 1 aromatic heterocycles. The number of hydrogen-bond donors (Lipinski definition) is 2. The molecule has 1 heterocycles. The van der Waals surface area contributed by atoms with E-state index >= 15 is 0 Å². The van der Waals surface area contributed by atoms with E-state index in [9.17, 15) is 4.79 Å². The van der Waals surface area contributed by atoms with Gasteiger partial charge in [-0.3, -0.25) is 4.79 Å². The van der Waals surface area contributed by atoms with Gasteiger partial charge in [-0.1, -0.05) is 30.3 Å². The van der Waals surface area contributed by atoms with Crippen LogP contribution >= 0.6 is 0 Å². The molecule has 6 heteroatoms. The minimum atomic E-state index is -0.146. The fourth-order valence-corrected chi connectivity index (χ4v) is 1.55. The Bertz CT molecular complexity index is 494. The molecule has 2 N–H and O–H groups in total. The molecule has 1 amide bonds. The lowest BCUT2D eigenvalue weighted by Gasteiger charge is -2.08. The molecule has 17 heavy (non-hydrogen) atoms. The van der Waals surface area contributed by atoms with Crippen LogP contribution in [0.3, 0.4) is 0 Å². The van der Waals surface area contributed by atoms with Gasteiger partial charge in [-0.2, -0.15) is 5.21 Å². The largest absolute Gasteiger partial charge is 0.325 e. The van der Waals surface area contributed by atoms with Gasteiger partial charge < -0.3 is 5.32 Å². The second kappa shape index (κ2) is 5.20. The van der Waals surface area contributed by atoms with E-state index < -0.39 is 0 Å². The fourth-order valence-electron chi connectivity index (χ4n) is 1.55. The molecular formula is C11H13N5O. The van der Waals surface area contributed by atoms with Crippen LogP contribution in [0.4, 0.5) is 5.69 Å². The number of anilines is 1. The zero-order valence-electron chi connectivity index (χ0n) is 9.47. The van der Waals surface area contributed by atoms with Crippen molar-refractivity contribution in [1.29, 1.82) is 0 Å². The standard InChI is InChI=1S/C11H13N5O/c1-2-8-5-3-4-6-9(8)12-11(17)7-10-13-15-16-14-10/h3-6H,2,7H2,1H3,(H,12,17)(H,13,14,15,16). The minimum absolute atomic E-state index is 0.120. The second-order valence-electron chi connectivity index (χ2n) is 3.56. The number of H-pyrrole nitrogens is 1. The zero-order chi connectivity index (χ0) is 12.1. The molecule has 0 saturated heterocycles. The number of hydrogen-bond acceptors (Lipinski definition) is 4. The van der Waals surface area contributed by atoms with Crippen LogP contribution in [0, 0.1) is 0 Å². The van der Waals surface area contributed by atoms with E-state index in [1.54, 1.807) is 0 Å². The summed E-state index contributed by atoms with van der Waals surface area (Å²) in [5.41, 5.74) is 1.94. The molecule has 88 valence electrons. The molecule has 6 nitrogen and oxygen atoms in total. The van der Waals surface area contributed by atoms with Crippen LogP contribution in [0.1, 0.15) is 18.3 Å². The average Bonchev–Trinajstić information content (AvgIpc) is 2.82. The zero-order valence-corrected chi connectivity index (χ0v) is 9.47. The SMILES string of the molecule is CCc1ccccc1NC(=O)Cc1nn[nH]n1. The molecule has 0 aliphatic carbocycles. The Morgan fingerprint density at radius 3 is 2.94 bits per heavy atom. The summed E-state index contributed by atoms with van der Waals surface area (Å²) in [6.07, 6.45) is 0.993. The van der Waals surface area contributed by atoms with Gasteiger partial charge in [0.2, 0.25) is 5.91 Å². The molecule has 0 atom stereocenters. The Balaban J connectivity index is 2.03. The van der Waals surface area contributed by atoms with Crippen molar-refractivity contribution in [2.45, 2.75) is 19.8 Å². The van der Waals surface area contributed by atoms with Crippen molar-refractivity contribution in [2.75, 3.05) is 5.32 Å². The topological polar surface area (TPSA) is 83.6 Å². The number of carbonyl (C=O) groups is 1. The number of aryl methyl sites for hydroxylation is 1. The van der Waals surface area contributed by atoms with Gasteiger partial charge in [-0.05, 0) is 18.1 Å². The highest BCUT2D eigenvalue weighted by Gasteiger charge is 2.09. The van der Waals surface area contributed by atoms with E-state index in [2.05, 4.69) is 25.9 Å². The number of nitrogens with one attached hydrogen (secondary N) is 2. The Labute approximate surface area is 98.4 Å². The predicted molar refractivity (Wildman–Crippen MR) is 62.3 cm³/mol. The first-order valence-electron chi connectivity index (χ1n) is 5.39. The van der Waals surface area contributed by atoms with Crippen molar-refractivity contribution >= 4 is 11.6 Å².